The maximum atomic E-state index is 12.3. The molecule has 21 heavy (non-hydrogen) atoms. The number of nitrogens with zero attached hydrogens (tertiary/aromatic N) is 2. The second-order valence-electron chi connectivity index (χ2n) is 5.59. The van der Waals surface area contributed by atoms with Crippen molar-refractivity contribution < 1.29 is 9.59 Å². The predicted molar refractivity (Wildman–Crippen MR) is 74.1 cm³/mol. The van der Waals surface area contributed by atoms with Crippen LogP contribution in [0, 0.1) is 17.2 Å². The number of hydrogen-bond acceptors (Lipinski definition) is 4. The predicted octanol–water partition coefficient (Wildman–Crippen LogP) is 0.740. The van der Waals surface area contributed by atoms with E-state index in [2.05, 4.69) is 15.6 Å². The Morgan fingerprint density at radius 3 is 2.95 bits per heavy atom. The highest BCUT2D eigenvalue weighted by Gasteiger charge is 2.40. The smallest absolute Gasteiger partial charge is 0.251 e. The normalized spacial score (nSPS) is 24.8. The van der Waals surface area contributed by atoms with Crippen LogP contribution in [0.25, 0.3) is 0 Å². The second-order valence-corrected chi connectivity index (χ2v) is 5.59. The first-order valence-corrected chi connectivity index (χ1v) is 7.14. The molecule has 1 aliphatic heterocycles. The molecule has 6 nitrogen and oxygen atoms in total. The van der Waals surface area contributed by atoms with Gasteiger partial charge in [0.2, 0.25) is 5.91 Å². The molecule has 0 unspecified atom stereocenters. The molecule has 0 aromatic carbocycles. The number of nitriles is 1. The lowest BCUT2D eigenvalue weighted by Crippen LogP contribution is -2.56. The molecular weight excluding hydrogens is 268 g/mol. The average Bonchev–Trinajstić information content (AvgIpc) is 3.33. The summed E-state index contributed by atoms with van der Waals surface area (Å²) < 4.78 is 0. The molecule has 1 saturated heterocycles. The molecule has 2 fully saturated rings. The minimum Gasteiger partial charge on any atom is -0.351 e. The Bertz CT molecular complexity index is 618. The number of carbonyl (C=O) groups excluding carboxylic acids is 2. The highest BCUT2D eigenvalue weighted by Crippen LogP contribution is 2.36. The van der Waals surface area contributed by atoms with Crippen molar-refractivity contribution >= 4 is 11.8 Å². The van der Waals surface area contributed by atoms with E-state index >= 15 is 0 Å². The Hall–Kier alpha value is -2.42. The summed E-state index contributed by atoms with van der Waals surface area (Å²) in [5.74, 6) is 0.320. The van der Waals surface area contributed by atoms with Gasteiger partial charge in [-0.05, 0) is 37.3 Å². The van der Waals surface area contributed by atoms with Gasteiger partial charge in [0, 0.05) is 18.2 Å². The van der Waals surface area contributed by atoms with E-state index in [-0.39, 0.29) is 29.6 Å². The van der Waals surface area contributed by atoms with Gasteiger partial charge in [-0.2, -0.15) is 5.26 Å². The van der Waals surface area contributed by atoms with Crippen molar-refractivity contribution in [2.75, 3.05) is 0 Å². The van der Waals surface area contributed by atoms with Crippen molar-refractivity contribution in [3.8, 4) is 6.07 Å². The van der Waals surface area contributed by atoms with E-state index in [1.165, 1.54) is 12.3 Å². The van der Waals surface area contributed by atoms with E-state index in [1.807, 2.05) is 6.07 Å². The maximum absolute atomic E-state index is 12.3. The van der Waals surface area contributed by atoms with E-state index < -0.39 is 0 Å². The van der Waals surface area contributed by atoms with Crippen molar-refractivity contribution in [1.29, 1.82) is 5.26 Å². The topological polar surface area (TPSA) is 94.9 Å². The fourth-order valence-electron chi connectivity index (χ4n) is 2.77. The van der Waals surface area contributed by atoms with Gasteiger partial charge in [-0.15, -0.1) is 0 Å². The molecule has 1 aliphatic carbocycles. The van der Waals surface area contributed by atoms with E-state index in [0.717, 1.165) is 12.8 Å². The molecular formula is C15H16N4O2. The average molecular weight is 284 g/mol. The fourth-order valence-corrected chi connectivity index (χ4v) is 2.77. The lowest BCUT2D eigenvalue weighted by molar-refractivity contribution is -0.124. The zero-order valence-electron chi connectivity index (χ0n) is 11.5. The van der Waals surface area contributed by atoms with E-state index in [0.29, 0.717) is 24.3 Å². The molecule has 2 aliphatic rings. The highest BCUT2D eigenvalue weighted by molar-refractivity contribution is 5.94. The summed E-state index contributed by atoms with van der Waals surface area (Å²) in [6.07, 6.45) is 4.76. The Labute approximate surface area is 122 Å². The quantitative estimate of drug-likeness (QED) is 0.855. The lowest BCUT2D eigenvalue weighted by Gasteiger charge is -2.33. The van der Waals surface area contributed by atoms with Gasteiger partial charge in [0.05, 0.1) is 12.1 Å². The van der Waals surface area contributed by atoms with Crippen LogP contribution in [0.1, 0.15) is 41.7 Å². The number of amides is 2. The Kier molecular flexibility index (Phi) is 3.57. The summed E-state index contributed by atoms with van der Waals surface area (Å²) in [6, 6.07) is 4.98. The Balaban J connectivity index is 1.71. The van der Waals surface area contributed by atoms with Gasteiger partial charge in [-0.1, -0.05) is 0 Å². The number of rotatable bonds is 3. The Morgan fingerprint density at radius 2 is 2.24 bits per heavy atom. The third kappa shape index (κ3) is 3.02. The van der Waals surface area contributed by atoms with Crippen molar-refractivity contribution in [3.63, 3.8) is 0 Å². The summed E-state index contributed by atoms with van der Waals surface area (Å²) >= 11 is 0. The van der Waals surface area contributed by atoms with Crippen LogP contribution in [-0.2, 0) is 4.79 Å². The molecule has 6 heteroatoms. The van der Waals surface area contributed by atoms with Gasteiger partial charge >= 0.3 is 0 Å². The number of piperidine rings is 1. The van der Waals surface area contributed by atoms with E-state index in [4.69, 9.17) is 5.26 Å². The van der Waals surface area contributed by atoms with Crippen molar-refractivity contribution in [1.82, 2.24) is 15.6 Å². The minimum atomic E-state index is -0.222. The first kappa shape index (κ1) is 13.6. The van der Waals surface area contributed by atoms with Crippen molar-refractivity contribution in [3.05, 3.63) is 29.6 Å². The molecule has 2 amide bonds. The van der Waals surface area contributed by atoms with Crippen molar-refractivity contribution in [2.45, 2.75) is 37.8 Å². The van der Waals surface area contributed by atoms with E-state index in [1.54, 1.807) is 6.07 Å². The molecule has 0 bridgehead atoms. The zero-order valence-corrected chi connectivity index (χ0v) is 11.5. The molecule has 1 aromatic heterocycles. The van der Waals surface area contributed by atoms with Gasteiger partial charge in [0.1, 0.15) is 11.8 Å². The molecule has 108 valence electrons. The summed E-state index contributed by atoms with van der Waals surface area (Å²) in [5, 5.41) is 14.8. The van der Waals surface area contributed by atoms with Gasteiger partial charge in [0.15, 0.2) is 0 Å². The third-order valence-corrected chi connectivity index (χ3v) is 4.03. The first-order valence-electron chi connectivity index (χ1n) is 7.14. The number of aromatic nitrogens is 1. The number of hydrogen-bond donors (Lipinski definition) is 2. The molecule has 2 heterocycles. The lowest BCUT2D eigenvalue weighted by atomic mass is 9.94. The van der Waals surface area contributed by atoms with Crippen LogP contribution in [-0.4, -0.2) is 28.9 Å². The molecule has 1 aromatic rings. The molecule has 0 spiro atoms. The second kappa shape index (κ2) is 5.52. The first-order chi connectivity index (χ1) is 10.2. The van der Waals surface area contributed by atoms with Crippen LogP contribution in [0.3, 0.4) is 0 Å². The summed E-state index contributed by atoms with van der Waals surface area (Å²) in [6.45, 7) is 0. The zero-order chi connectivity index (χ0) is 14.8. The van der Waals surface area contributed by atoms with Crippen LogP contribution in [0.15, 0.2) is 18.3 Å². The molecule has 2 N–H and O–H groups in total. The van der Waals surface area contributed by atoms with Gasteiger partial charge in [0.25, 0.3) is 5.91 Å². The molecule has 0 radical (unpaired) electrons. The maximum Gasteiger partial charge on any atom is 0.251 e. The summed E-state index contributed by atoms with van der Waals surface area (Å²) in [5.41, 5.74) is 0.645. The summed E-state index contributed by atoms with van der Waals surface area (Å²) in [7, 11) is 0. The van der Waals surface area contributed by atoms with Crippen molar-refractivity contribution in [2.24, 2.45) is 5.92 Å². The minimum absolute atomic E-state index is 0.0347. The van der Waals surface area contributed by atoms with Crippen LogP contribution in [0.4, 0.5) is 0 Å². The molecule has 1 saturated carbocycles. The van der Waals surface area contributed by atoms with Crippen LogP contribution >= 0.6 is 0 Å². The van der Waals surface area contributed by atoms with Crippen LogP contribution < -0.4 is 10.6 Å². The SMILES string of the molecule is N#Cc1cc(C(=O)N[C@@H]2CCC(=O)N[C@H]2C2CC2)ccn1. The van der Waals surface area contributed by atoms with Crippen LogP contribution in [0.2, 0.25) is 0 Å². The van der Waals surface area contributed by atoms with Gasteiger partial charge in [-0.3, -0.25) is 9.59 Å². The summed E-state index contributed by atoms with van der Waals surface area (Å²) in [4.78, 5) is 27.7. The number of pyridine rings is 1. The standard InChI is InChI=1S/C15H16N4O2/c16-8-11-7-10(5-6-17-11)15(21)18-12-3-4-13(20)19-14(12)9-1-2-9/h5-7,9,12,14H,1-4H2,(H,18,21)(H,19,20)/t12-,14+/m1/s1. The Morgan fingerprint density at radius 1 is 1.43 bits per heavy atom. The van der Waals surface area contributed by atoms with Gasteiger partial charge < -0.3 is 10.6 Å². The largest absolute Gasteiger partial charge is 0.351 e. The number of nitrogens with one attached hydrogen (secondary N) is 2. The van der Waals surface area contributed by atoms with E-state index in [9.17, 15) is 9.59 Å². The number of carbonyl (C=O) groups is 2. The molecule has 2 atom stereocenters. The molecule has 3 rings (SSSR count). The van der Waals surface area contributed by atoms with Gasteiger partial charge in [-0.25, -0.2) is 4.98 Å². The van der Waals surface area contributed by atoms with Crippen LogP contribution in [0.5, 0.6) is 0 Å². The fraction of sp³-hybridized carbons (Fsp3) is 0.467. The highest BCUT2D eigenvalue weighted by atomic mass is 16.2. The monoisotopic (exact) mass is 284 g/mol. The third-order valence-electron chi connectivity index (χ3n) is 4.03.